The van der Waals surface area contributed by atoms with Crippen LogP contribution in [0.1, 0.15) is 36.4 Å². The molecule has 0 fully saturated rings. The summed E-state index contributed by atoms with van der Waals surface area (Å²) in [7, 11) is 0. The summed E-state index contributed by atoms with van der Waals surface area (Å²) in [5.41, 5.74) is 2.15. The van der Waals surface area contributed by atoms with Gasteiger partial charge in [-0.25, -0.2) is 5.01 Å². The number of nitrogens with one attached hydrogen (secondary N) is 1. The zero-order valence-electron chi connectivity index (χ0n) is 20.3. The van der Waals surface area contributed by atoms with Crippen LogP contribution >= 0.6 is 11.6 Å². The first-order valence-electron chi connectivity index (χ1n) is 12.0. The van der Waals surface area contributed by atoms with E-state index < -0.39 is 34.8 Å². The van der Waals surface area contributed by atoms with Gasteiger partial charge in [-0.2, -0.15) is 5.10 Å². The Bertz CT molecular complexity index is 1720. The highest BCUT2D eigenvalue weighted by molar-refractivity contribution is 6.31. The van der Waals surface area contributed by atoms with Crippen molar-refractivity contribution in [1.82, 2.24) is 9.99 Å². The number of halogens is 1. The van der Waals surface area contributed by atoms with E-state index in [1.54, 1.807) is 24.3 Å². The number of carboxylic acid groups (broad SMARTS) is 1. The van der Waals surface area contributed by atoms with E-state index in [1.807, 2.05) is 30.3 Å². The van der Waals surface area contributed by atoms with Gasteiger partial charge in [-0.1, -0.05) is 54.1 Å². The summed E-state index contributed by atoms with van der Waals surface area (Å²) in [6.07, 6.45) is -0.848. The second-order valence-corrected chi connectivity index (χ2v) is 9.43. The van der Waals surface area contributed by atoms with Crippen LogP contribution in [0.3, 0.4) is 0 Å². The standard InChI is InChI=1S/C28H21ClN4O6/c29-18-9-10-21-20(14-18)26(16-5-2-1-3-6-16)27(28(37)30-21)22-15-23(17-7-4-8-19(13-17)33(38)39)32(31-22)24(34)11-12-25(35)36/h1-10,13-14,23H,11-12,15H2,(H,30,37)(H,35,36)/p-1/t23-/m1/s1. The van der Waals surface area contributed by atoms with Gasteiger partial charge in [0.2, 0.25) is 5.91 Å². The molecule has 1 N–H and O–H groups in total. The number of nitrogens with zero attached hydrogens (tertiary/aromatic N) is 3. The fourth-order valence-corrected chi connectivity index (χ4v) is 4.94. The molecule has 11 heteroatoms. The van der Waals surface area contributed by atoms with Crippen molar-refractivity contribution < 1.29 is 19.6 Å². The molecule has 0 saturated heterocycles. The van der Waals surface area contributed by atoms with E-state index in [4.69, 9.17) is 11.6 Å². The summed E-state index contributed by atoms with van der Waals surface area (Å²) in [6, 6.07) is 19.3. The quantitative estimate of drug-likeness (QED) is 0.275. The van der Waals surface area contributed by atoms with Crippen molar-refractivity contribution in [3.8, 4) is 11.1 Å². The number of nitro benzene ring substituents is 1. The molecular weight excluding hydrogens is 524 g/mol. The van der Waals surface area contributed by atoms with Crippen LogP contribution in [0.5, 0.6) is 0 Å². The highest BCUT2D eigenvalue weighted by atomic mass is 35.5. The lowest BCUT2D eigenvalue weighted by molar-refractivity contribution is -0.385. The van der Waals surface area contributed by atoms with Gasteiger partial charge in [0.05, 0.1) is 22.2 Å². The van der Waals surface area contributed by atoms with Crippen molar-refractivity contribution in [2.24, 2.45) is 5.10 Å². The van der Waals surface area contributed by atoms with Crippen molar-refractivity contribution in [2.45, 2.75) is 25.3 Å². The van der Waals surface area contributed by atoms with Gasteiger partial charge in [0, 0.05) is 52.4 Å². The van der Waals surface area contributed by atoms with Crippen molar-refractivity contribution in [2.75, 3.05) is 0 Å². The molecule has 1 aromatic heterocycles. The van der Waals surface area contributed by atoms with Gasteiger partial charge < -0.3 is 14.9 Å². The maximum Gasteiger partial charge on any atom is 0.269 e. The van der Waals surface area contributed by atoms with E-state index in [0.717, 1.165) is 10.6 Å². The predicted octanol–water partition coefficient (Wildman–Crippen LogP) is 3.96. The molecule has 4 aromatic rings. The Morgan fingerprint density at radius 3 is 2.51 bits per heavy atom. The summed E-state index contributed by atoms with van der Waals surface area (Å²) in [4.78, 5) is 51.4. The summed E-state index contributed by atoms with van der Waals surface area (Å²) in [5.74, 6) is -2.01. The molecule has 0 spiro atoms. The molecule has 0 unspecified atom stereocenters. The van der Waals surface area contributed by atoms with Crippen molar-refractivity contribution >= 4 is 45.8 Å². The van der Waals surface area contributed by atoms with Crippen LogP contribution in [-0.2, 0) is 9.59 Å². The lowest BCUT2D eigenvalue weighted by atomic mass is 9.91. The number of non-ortho nitro benzene ring substituents is 1. The number of amides is 1. The third-order valence-electron chi connectivity index (χ3n) is 6.50. The topological polar surface area (TPSA) is 149 Å². The number of hydrogen-bond acceptors (Lipinski definition) is 7. The summed E-state index contributed by atoms with van der Waals surface area (Å²) >= 11 is 6.32. The monoisotopic (exact) mass is 543 g/mol. The highest BCUT2D eigenvalue weighted by Crippen LogP contribution is 2.38. The van der Waals surface area contributed by atoms with Crippen molar-refractivity contribution in [3.05, 3.63) is 109 Å². The summed E-state index contributed by atoms with van der Waals surface area (Å²) in [5, 5.41) is 29.2. The Morgan fingerprint density at radius 1 is 1.03 bits per heavy atom. The van der Waals surface area contributed by atoms with Crippen LogP contribution in [0, 0.1) is 10.1 Å². The van der Waals surface area contributed by atoms with Gasteiger partial charge in [0.25, 0.3) is 11.2 Å². The Balaban J connectivity index is 1.70. The lowest BCUT2D eigenvalue weighted by Crippen LogP contribution is -2.29. The average molecular weight is 544 g/mol. The second kappa shape index (κ2) is 10.5. The largest absolute Gasteiger partial charge is 0.550 e. The van der Waals surface area contributed by atoms with Crippen molar-refractivity contribution in [3.63, 3.8) is 0 Å². The lowest BCUT2D eigenvalue weighted by Gasteiger charge is -2.22. The van der Waals surface area contributed by atoms with Crippen molar-refractivity contribution in [1.29, 1.82) is 0 Å². The van der Waals surface area contributed by atoms with Crippen LogP contribution in [0.2, 0.25) is 5.02 Å². The molecule has 10 nitrogen and oxygen atoms in total. The van der Waals surface area contributed by atoms with E-state index >= 15 is 0 Å². The number of hydrazone groups is 1. The minimum Gasteiger partial charge on any atom is -0.550 e. The zero-order valence-corrected chi connectivity index (χ0v) is 21.1. The molecule has 1 amide bonds. The number of pyridine rings is 1. The third-order valence-corrected chi connectivity index (χ3v) is 6.74. The number of benzene rings is 3. The number of carbonyl (C=O) groups excluding carboxylic acids is 2. The van der Waals surface area contributed by atoms with Gasteiger partial charge in [0.15, 0.2) is 0 Å². The van der Waals surface area contributed by atoms with Gasteiger partial charge in [-0.3, -0.25) is 19.7 Å². The summed E-state index contributed by atoms with van der Waals surface area (Å²) < 4.78 is 0. The van der Waals surface area contributed by atoms with E-state index in [2.05, 4.69) is 10.1 Å². The van der Waals surface area contributed by atoms with Crippen LogP contribution in [0.25, 0.3) is 22.0 Å². The number of aromatic amines is 1. The zero-order chi connectivity index (χ0) is 27.7. The predicted molar refractivity (Wildman–Crippen MR) is 143 cm³/mol. The van der Waals surface area contributed by atoms with Gasteiger partial charge in [-0.15, -0.1) is 0 Å². The number of aliphatic carboxylic acids is 1. The van der Waals surface area contributed by atoms with E-state index in [-0.39, 0.29) is 29.8 Å². The molecule has 196 valence electrons. The van der Waals surface area contributed by atoms with E-state index in [0.29, 0.717) is 27.1 Å². The maximum atomic E-state index is 13.5. The molecule has 3 aromatic carbocycles. The number of carboxylic acids is 1. The number of H-pyrrole nitrogens is 1. The first kappa shape index (κ1) is 25.8. The molecule has 1 aliphatic heterocycles. The molecule has 39 heavy (non-hydrogen) atoms. The van der Waals surface area contributed by atoms with Gasteiger partial charge >= 0.3 is 0 Å². The first-order valence-corrected chi connectivity index (χ1v) is 12.4. The van der Waals surface area contributed by atoms with Crippen LogP contribution in [-0.4, -0.2) is 32.5 Å². The number of fused-ring (bicyclic) bond motifs is 1. The van der Waals surface area contributed by atoms with E-state index in [9.17, 15) is 29.6 Å². The van der Waals surface area contributed by atoms with Gasteiger partial charge in [-0.05, 0) is 35.7 Å². The number of carbonyl (C=O) groups is 2. The summed E-state index contributed by atoms with van der Waals surface area (Å²) in [6.45, 7) is 0. The normalized spacial score (nSPS) is 14.8. The maximum absolute atomic E-state index is 13.5. The fraction of sp³-hybridized carbons (Fsp3) is 0.143. The van der Waals surface area contributed by atoms with Gasteiger partial charge in [0.1, 0.15) is 0 Å². The van der Waals surface area contributed by atoms with Crippen LogP contribution in [0.4, 0.5) is 5.69 Å². The first-order chi connectivity index (χ1) is 18.7. The SMILES string of the molecule is O=C([O-])CCC(=O)N1N=C(c2c(-c3ccccc3)c3cc(Cl)ccc3[nH]c2=O)C[C@@H]1c1cccc([N+](=O)[O-])c1. The molecule has 0 saturated carbocycles. The Kier molecular flexibility index (Phi) is 6.95. The molecule has 0 bridgehead atoms. The molecular formula is C28H20ClN4O6-. The molecule has 0 aliphatic carbocycles. The second-order valence-electron chi connectivity index (χ2n) is 8.99. The van der Waals surface area contributed by atoms with Crippen LogP contribution in [0.15, 0.2) is 82.7 Å². The van der Waals surface area contributed by atoms with E-state index in [1.165, 1.54) is 18.2 Å². The Hall–Kier alpha value is -4.83. The average Bonchev–Trinajstić information content (AvgIpc) is 3.37. The number of nitro groups is 1. The molecule has 1 atom stereocenters. The molecule has 2 heterocycles. The highest BCUT2D eigenvalue weighted by Gasteiger charge is 2.35. The van der Waals surface area contributed by atoms with Crippen LogP contribution < -0.4 is 10.7 Å². The minimum absolute atomic E-state index is 0.0627. The fourth-order valence-electron chi connectivity index (χ4n) is 4.77. The smallest absolute Gasteiger partial charge is 0.269 e. The number of aromatic nitrogens is 1. The molecule has 0 radical (unpaired) electrons. The number of hydrogen-bond donors (Lipinski definition) is 1. The minimum atomic E-state index is -1.40. The number of rotatable bonds is 7. The Labute approximate surface area is 226 Å². The Morgan fingerprint density at radius 2 is 1.79 bits per heavy atom. The molecule has 5 rings (SSSR count). The molecule has 1 aliphatic rings. The third kappa shape index (κ3) is 5.14.